The highest BCUT2D eigenvalue weighted by Crippen LogP contribution is 2.07. The van der Waals surface area contributed by atoms with Gasteiger partial charge in [0, 0.05) is 45.0 Å². The van der Waals surface area contributed by atoms with E-state index in [0.29, 0.717) is 4.99 Å². The number of pyridine rings is 1. The molecule has 0 saturated carbocycles. The smallest absolute Gasteiger partial charge is 0.0870 e. The van der Waals surface area contributed by atoms with Gasteiger partial charge in [0.25, 0.3) is 0 Å². The van der Waals surface area contributed by atoms with Gasteiger partial charge in [0.2, 0.25) is 0 Å². The molecule has 0 spiro atoms. The zero-order chi connectivity index (χ0) is 13.0. The van der Waals surface area contributed by atoms with E-state index >= 15 is 0 Å². The molecule has 0 aromatic carbocycles. The van der Waals surface area contributed by atoms with Crippen molar-refractivity contribution in [2.24, 2.45) is 5.73 Å². The third-order valence-corrected chi connectivity index (χ3v) is 3.31. The van der Waals surface area contributed by atoms with E-state index in [1.807, 2.05) is 13.0 Å². The monoisotopic (exact) mass is 264 g/mol. The number of piperazine rings is 1. The predicted octanol–water partition coefficient (Wildman–Crippen LogP) is 0.794. The Morgan fingerprint density at radius 2 is 1.94 bits per heavy atom. The molecule has 18 heavy (non-hydrogen) atoms. The molecule has 0 radical (unpaired) electrons. The fraction of sp³-hybridized carbons (Fsp3) is 0.538. The van der Waals surface area contributed by atoms with Crippen LogP contribution >= 0.6 is 12.2 Å². The number of thiocarbonyl (C=S) groups is 1. The summed E-state index contributed by atoms with van der Waals surface area (Å²) in [7, 11) is 0. The maximum absolute atomic E-state index is 5.56. The van der Waals surface area contributed by atoms with Crippen LogP contribution in [-0.2, 0) is 6.54 Å². The first kappa shape index (κ1) is 13.4. The molecule has 98 valence electrons. The lowest BCUT2D eigenvalue weighted by atomic mass is 10.2. The minimum atomic E-state index is 0.587. The summed E-state index contributed by atoms with van der Waals surface area (Å²) in [6.07, 6.45) is 0. The zero-order valence-electron chi connectivity index (χ0n) is 10.8. The van der Waals surface area contributed by atoms with E-state index in [1.165, 1.54) is 0 Å². The standard InChI is InChI=1S/C13H20N4S/c1-11-3-2-4-12(15-11)9-16-5-7-17(8-6-16)10-13(14)18/h2-4H,5-10H2,1H3,(H2,14,18). The topological polar surface area (TPSA) is 45.4 Å². The summed E-state index contributed by atoms with van der Waals surface area (Å²) < 4.78 is 0. The first-order chi connectivity index (χ1) is 8.63. The molecule has 1 saturated heterocycles. The van der Waals surface area contributed by atoms with Crippen LogP contribution in [0.5, 0.6) is 0 Å². The molecule has 0 unspecified atom stereocenters. The first-order valence-electron chi connectivity index (χ1n) is 6.29. The third kappa shape index (κ3) is 4.01. The number of nitrogens with two attached hydrogens (primary N) is 1. The van der Waals surface area contributed by atoms with Crippen LogP contribution < -0.4 is 5.73 Å². The number of rotatable bonds is 4. The minimum Gasteiger partial charge on any atom is -0.392 e. The lowest BCUT2D eigenvalue weighted by molar-refractivity contribution is 0.139. The highest BCUT2D eigenvalue weighted by atomic mass is 32.1. The summed E-state index contributed by atoms with van der Waals surface area (Å²) in [6, 6.07) is 6.19. The molecule has 1 fully saturated rings. The van der Waals surface area contributed by atoms with Crippen molar-refractivity contribution in [3.8, 4) is 0 Å². The summed E-state index contributed by atoms with van der Waals surface area (Å²) in [5.74, 6) is 0. The molecular formula is C13H20N4S. The summed E-state index contributed by atoms with van der Waals surface area (Å²) in [4.78, 5) is 9.86. The average Bonchev–Trinajstić information content (AvgIpc) is 2.31. The second-order valence-electron chi connectivity index (χ2n) is 4.79. The molecule has 2 rings (SSSR count). The van der Waals surface area contributed by atoms with E-state index in [4.69, 9.17) is 18.0 Å². The lowest BCUT2D eigenvalue weighted by Gasteiger charge is -2.34. The molecule has 0 atom stereocenters. The van der Waals surface area contributed by atoms with Crippen LogP contribution in [0.3, 0.4) is 0 Å². The van der Waals surface area contributed by atoms with E-state index < -0.39 is 0 Å². The Morgan fingerprint density at radius 3 is 2.56 bits per heavy atom. The Balaban J connectivity index is 1.81. The van der Waals surface area contributed by atoms with Gasteiger partial charge in [0.1, 0.15) is 0 Å². The van der Waals surface area contributed by atoms with E-state index in [2.05, 4.69) is 26.9 Å². The zero-order valence-corrected chi connectivity index (χ0v) is 11.6. The summed E-state index contributed by atoms with van der Waals surface area (Å²) in [5.41, 5.74) is 7.80. The average molecular weight is 264 g/mol. The number of hydrogen-bond donors (Lipinski definition) is 1. The molecule has 1 aromatic rings. The maximum Gasteiger partial charge on any atom is 0.0870 e. The van der Waals surface area contributed by atoms with Crippen LogP contribution in [0.1, 0.15) is 11.4 Å². The Hall–Kier alpha value is -1.04. The molecule has 4 nitrogen and oxygen atoms in total. The van der Waals surface area contributed by atoms with Gasteiger partial charge in [-0.15, -0.1) is 0 Å². The predicted molar refractivity (Wildman–Crippen MR) is 77.5 cm³/mol. The molecule has 0 bridgehead atoms. The third-order valence-electron chi connectivity index (χ3n) is 3.18. The van der Waals surface area contributed by atoms with Gasteiger partial charge >= 0.3 is 0 Å². The van der Waals surface area contributed by atoms with Crippen molar-refractivity contribution in [1.82, 2.24) is 14.8 Å². The molecular weight excluding hydrogens is 244 g/mol. The van der Waals surface area contributed by atoms with E-state index in [1.54, 1.807) is 0 Å². The summed E-state index contributed by atoms with van der Waals surface area (Å²) in [6.45, 7) is 7.88. The van der Waals surface area contributed by atoms with Crippen molar-refractivity contribution in [2.45, 2.75) is 13.5 Å². The Kier molecular flexibility index (Phi) is 4.63. The Morgan fingerprint density at radius 1 is 1.28 bits per heavy atom. The van der Waals surface area contributed by atoms with Crippen LogP contribution in [0.2, 0.25) is 0 Å². The van der Waals surface area contributed by atoms with Gasteiger partial charge in [-0.05, 0) is 19.1 Å². The van der Waals surface area contributed by atoms with Gasteiger partial charge in [0.05, 0.1) is 10.7 Å². The molecule has 2 N–H and O–H groups in total. The van der Waals surface area contributed by atoms with Crippen LogP contribution in [0.15, 0.2) is 18.2 Å². The quantitative estimate of drug-likeness (QED) is 0.815. The van der Waals surface area contributed by atoms with Crippen LogP contribution in [0, 0.1) is 6.92 Å². The second kappa shape index (κ2) is 6.22. The molecule has 0 amide bonds. The van der Waals surface area contributed by atoms with Crippen LogP contribution in [0.4, 0.5) is 0 Å². The molecule has 0 aliphatic carbocycles. The number of hydrogen-bond acceptors (Lipinski definition) is 4. The van der Waals surface area contributed by atoms with Crippen molar-refractivity contribution in [1.29, 1.82) is 0 Å². The van der Waals surface area contributed by atoms with Crippen molar-refractivity contribution in [3.05, 3.63) is 29.6 Å². The molecule has 1 aliphatic heterocycles. The highest BCUT2D eigenvalue weighted by molar-refractivity contribution is 7.80. The van der Waals surface area contributed by atoms with Gasteiger partial charge in [-0.25, -0.2) is 0 Å². The van der Waals surface area contributed by atoms with Crippen molar-refractivity contribution < 1.29 is 0 Å². The van der Waals surface area contributed by atoms with E-state index in [9.17, 15) is 0 Å². The van der Waals surface area contributed by atoms with Gasteiger partial charge in [0.15, 0.2) is 0 Å². The number of aryl methyl sites for hydroxylation is 1. The largest absolute Gasteiger partial charge is 0.392 e. The van der Waals surface area contributed by atoms with E-state index in [-0.39, 0.29) is 0 Å². The van der Waals surface area contributed by atoms with Gasteiger partial charge in [-0.2, -0.15) is 0 Å². The number of aromatic nitrogens is 1. The molecule has 5 heteroatoms. The fourth-order valence-corrected chi connectivity index (χ4v) is 2.43. The number of nitrogens with zero attached hydrogens (tertiary/aromatic N) is 3. The molecule has 1 aliphatic rings. The SMILES string of the molecule is Cc1cccc(CN2CCN(CC(N)=S)CC2)n1. The lowest BCUT2D eigenvalue weighted by Crippen LogP contribution is -2.48. The van der Waals surface area contributed by atoms with E-state index in [0.717, 1.165) is 50.7 Å². The molecule has 2 heterocycles. The van der Waals surface area contributed by atoms with Gasteiger partial charge in [-0.3, -0.25) is 14.8 Å². The normalized spacial score (nSPS) is 17.8. The summed E-state index contributed by atoms with van der Waals surface area (Å²) in [5, 5.41) is 0. The maximum atomic E-state index is 5.56. The summed E-state index contributed by atoms with van der Waals surface area (Å²) >= 11 is 4.94. The van der Waals surface area contributed by atoms with Gasteiger partial charge < -0.3 is 5.73 Å². The van der Waals surface area contributed by atoms with Gasteiger partial charge in [-0.1, -0.05) is 18.3 Å². The fourth-order valence-electron chi connectivity index (χ4n) is 2.24. The van der Waals surface area contributed by atoms with Crippen molar-refractivity contribution in [3.63, 3.8) is 0 Å². The first-order valence-corrected chi connectivity index (χ1v) is 6.70. The molecule has 1 aromatic heterocycles. The minimum absolute atomic E-state index is 0.587. The Labute approximate surface area is 114 Å². The second-order valence-corrected chi connectivity index (χ2v) is 5.31. The van der Waals surface area contributed by atoms with Crippen LogP contribution in [0.25, 0.3) is 0 Å². The van der Waals surface area contributed by atoms with Crippen LogP contribution in [-0.4, -0.2) is 52.5 Å². The van der Waals surface area contributed by atoms with Crippen molar-refractivity contribution in [2.75, 3.05) is 32.7 Å². The Bertz CT molecular complexity index is 413. The highest BCUT2D eigenvalue weighted by Gasteiger charge is 2.17. The van der Waals surface area contributed by atoms with Crippen molar-refractivity contribution >= 4 is 17.2 Å².